The Morgan fingerprint density at radius 3 is 2.94 bits per heavy atom. The second kappa shape index (κ2) is 4.27. The summed E-state index contributed by atoms with van der Waals surface area (Å²) < 4.78 is 13.6. The van der Waals surface area contributed by atoms with Crippen molar-refractivity contribution in [2.45, 2.75) is 6.42 Å². The first-order valence-corrected chi connectivity index (χ1v) is 5.02. The molecule has 0 bridgehead atoms. The molecular formula is C11H10FN3O. The van der Waals surface area contributed by atoms with Gasteiger partial charge in [-0.15, -0.1) is 4.91 Å². The predicted molar refractivity (Wildman–Crippen MR) is 57.8 cm³/mol. The molecule has 1 aliphatic rings. The van der Waals surface area contributed by atoms with Crippen molar-refractivity contribution in [3.63, 3.8) is 0 Å². The lowest BCUT2D eigenvalue weighted by Crippen LogP contribution is -2.20. The predicted octanol–water partition coefficient (Wildman–Crippen LogP) is 2.57. The van der Waals surface area contributed by atoms with Crippen molar-refractivity contribution in [2.75, 3.05) is 18.0 Å². The SMILES string of the molecule is N#CC1CCN(c2ccc(N=O)cc2F)C1. The van der Waals surface area contributed by atoms with Gasteiger partial charge in [0.05, 0.1) is 17.7 Å². The van der Waals surface area contributed by atoms with Crippen LogP contribution in [0.4, 0.5) is 15.8 Å². The maximum atomic E-state index is 13.6. The van der Waals surface area contributed by atoms with Gasteiger partial charge in [-0.1, -0.05) is 0 Å². The normalized spacial score (nSPS) is 19.5. The van der Waals surface area contributed by atoms with Crippen molar-refractivity contribution in [3.8, 4) is 6.07 Å². The van der Waals surface area contributed by atoms with Crippen LogP contribution < -0.4 is 4.90 Å². The van der Waals surface area contributed by atoms with E-state index >= 15 is 0 Å². The van der Waals surface area contributed by atoms with Gasteiger partial charge in [0, 0.05) is 19.2 Å². The minimum atomic E-state index is -0.462. The highest BCUT2D eigenvalue weighted by Crippen LogP contribution is 2.28. The lowest BCUT2D eigenvalue weighted by molar-refractivity contribution is 0.622. The van der Waals surface area contributed by atoms with Crippen LogP contribution in [-0.4, -0.2) is 13.1 Å². The Labute approximate surface area is 92.3 Å². The van der Waals surface area contributed by atoms with Gasteiger partial charge < -0.3 is 4.90 Å². The van der Waals surface area contributed by atoms with Gasteiger partial charge >= 0.3 is 0 Å². The van der Waals surface area contributed by atoms with Crippen molar-refractivity contribution in [3.05, 3.63) is 28.9 Å². The Balaban J connectivity index is 2.22. The Bertz CT molecular complexity index is 455. The average Bonchev–Trinajstić information content (AvgIpc) is 2.77. The molecule has 5 heteroatoms. The second-order valence-corrected chi connectivity index (χ2v) is 3.79. The van der Waals surface area contributed by atoms with E-state index in [2.05, 4.69) is 11.2 Å². The third kappa shape index (κ3) is 1.87. The summed E-state index contributed by atoms with van der Waals surface area (Å²) >= 11 is 0. The molecule has 0 saturated carbocycles. The first-order chi connectivity index (χ1) is 7.74. The van der Waals surface area contributed by atoms with Gasteiger partial charge in [0.2, 0.25) is 0 Å². The molecule has 0 spiro atoms. The van der Waals surface area contributed by atoms with Gasteiger partial charge in [0.25, 0.3) is 0 Å². The largest absolute Gasteiger partial charge is 0.368 e. The highest BCUT2D eigenvalue weighted by molar-refractivity contribution is 5.54. The number of benzene rings is 1. The van der Waals surface area contributed by atoms with Gasteiger partial charge in [-0.25, -0.2) is 4.39 Å². The van der Waals surface area contributed by atoms with Crippen LogP contribution >= 0.6 is 0 Å². The number of rotatable bonds is 2. The number of nitriles is 1. The molecule has 1 aliphatic heterocycles. The number of nitrogens with zero attached hydrogens (tertiary/aromatic N) is 3. The maximum Gasteiger partial charge on any atom is 0.148 e. The highest BCUT2D eigenvalue weighted by atomic mass is 19.1. The van der Waals surface area contributed by atoms with Crippen molar-refractivity contribution in [1.29, 1.82) is 5.26 Å². The summed E-state index contributed by atoms with van der Waals surface area (Å²) in [4.78, 5) is 12.0. The van der Waals surface area contributed by atoms with Crippen LogP contribution in [0.3, 0.4) is 0 Å². The molecule has 16 heavy (non-hydrogen) atoms. The number of hydrogen-bond acceptors (Lipinski definition) is 4. The fourth-order valence-electron chi connectivity index (χ4n) is 1.89. The van der Waals surface area contributed by atoms with Crippen LogP contribution in [0.1, 0.15) is 6.42 Å². The molecule has 1 aromatic carbocycles. The molecule has 1 saturated heterocycles. The first-order valence-electron chi connectivity index (χ1n) is 5.02. The molecule has 0 N–H and O–H groups in total. The molecule has 1 fully saturated rings. The standard InChI is InChI=1S/C11H10FN3O/c12-10-5-9(14-16)1-2-11(10)15-4-3-8(6-13)7-15/h1-2,5,8H,3-4,7H2. The lowest BCUT2D eigenvalue weighted by atomic mass is 10.1. The average molecular weight is 219 g/mol. The smallest absolute Gasteiger partial charge is 0.148 e. The van der Waals surface area contributed by atoms with E-state index in [1.807, 2.05) is 4.90 Å². The summed E-state index contributed by atoms with van der Waals surface area (Å²) in [5.74, 6) is -0.501. The van der Waals surface area contributed by atoms with E-state index in [0.29, 0.717) is 18.8 Å². The minimum absolute atomic E-state index is 0.0386. The topological polar surface area (TPSA) is 56.5 Å². The lowest BCUT2D eigenvalue weighted by Gasteiger charge is -2.18. The first kappa shape index (κ1) is 10.6. The molecular weight excluding hydrogens is 209 g/mol. The Morgan fingerprint density at radius 2 is 2.38 bits per heavy atom. The molecule has 0 amide bonds. The van der Waals surface area contributed by atoms with E-state index in [9.17, 15) is 9.30 Å². The molecule has 1 unspecified atom stereocenters. The Hall–Kier alpha value is -1.96. The quantitative estimate of drug-likeness (QED) is 0.718. The summed E-state index contributed by atoms with van der Waals surface area (Å²) in [5, 5.41) is 11.4. The number of halogens is 1. The highest BCUT2D eigenvalue weighted by Gasteiger charge is 2.24. The van der Waals surface area contributed by atoms with Crippen molar-refractivity contribution >= 4 is 11.4 Å². The molecule has 82 valence electrons. The van der Waals surface area contributed by atoms with E-state index in [4.69, 9.17) is 5.26 Å². The monoisotopic (exact) mass is 219 g/mol. The van der Waals surface area contributed by atoms with E-state index in [0.717, 1.165) is 12.5 Å². The molecule has 4 nitrogen and oxygen atoms in total. The van der Waals surface area contributed by atoms with Gasteiger partial charge in [0.15, 0.2) is 0 Å². The fraction of sp³-hybridized carbons (Fsp3) is 0.364. The molecule has 1 heterocycles. The number of anilines is 1. The summed E-state index contributed by atoms with van der Waals surface area (Å²) in [6, 6.07) is 6.30. The van der Waals surface area contributed by atoms with Crippen LogP contribution in [0.5, 0.6) is 0 Å². The summed E-state index contributed by atoms with van der Waals surface area (Å²) in [5.41, 5.74) is 0.516. The molecule has 0 aliphatic carbocycles. The van der Waals surface area contributed by atoms with E-state index in [1.54, 1.807) is 0 Å². The van der Waals surface area contributed by atoms with Crippen LogP contribution in [0.25, 0.3) is 0 Å². The number of hydrogen-bond donors (Lipinski definition) is 0. The van der Waals surface area contributed by atoms with Gasteiger partial charge in [-0.3, -0.25) is 0 Å². The van der Waals surface area contributed by atoms with Crippen molar-refractivity contribution in [2.24, 2.45) is 11.1 Å². The summed E-state index contributed by atoms with van der Waals surface area (Å²) in [7, 11) is 0. The zero-order chi connectivity index (χ0) is 11.5. The van der Waals surface area contributed by atoms with Crippen molar-refractivity contribution < 1.29 is 4.39 Å². The molecule has 1 aromatic rings. The van der Waals surface area contributed by atoms with Crippen LogP contribution in [0.2, 0.25) is 0 Å². The third-order valence-corrected chi connectivity index (χ3v) is 2.75. The van der Waals surface area contributed by atoms with E-state index < -0.39 is 5.82 Å². The van der Waals surface area contributed by atoms with E-state index in [-0.39, 0.29) is 11.6 Å². The molecule has 0 radical (unpaired) electrons. The zero-order valence-electron chi connectivity index (χ0n) is 8.56. The minimum Gasteiger partial charge on any atom is -0.368 e. The summed E-state index contributed by atoms with van der Waals surface area (Å²) in [6.45, 7) is 1.21. The molecule has 2 rings (SSSR count). The van der Waals surface area contributed by atoms with Gasteiger partial charge in [-0.05, 0) is 23.7 Å². The second-order valence-electron chi connectivity index (χ2n) is 3.79. The van der Waals surface area contributed by atoms with E-state index in [1.165, 1.54) is 12.1 Å². The summed E-state index contributed by atoms with van der Waals surface area (Å²) in [6.07, 6.45) is 0.754. The fourth-order valence-corrected chi connectivity index (χ4v) is 1.89. The molecule has 1 atom stereocenters. The molecule has 0 aromatic heterocycles. The van der Waals surface area contributed by atoms with Crippen LogP contribution in [0, 0.1) is 28.0 Å². The van der Waals surface area contributed by atoms with Gasteiger partial charge in [-0.2, -0.15) is 5.26 Å². The zero-order valence-corrected chi connectivity index (χ0v) is 8.56. The third-order valence-electron chi connectivity index (χ3n) is 2.75. The van der Waals surface area contributed by atoms with Crippen LogP contribution in [-0.2, 0) is 0 Å². The van der Waals surface area contributed by atoms with Crippen LogP contribution in [0.15, 0.2) is 23.4 Å². The Morgan fingerprint density at radius 1 is 1.56 bits per heavy atom. The maximum absolute atomic E-state index is 13.6. The number of nitroso groups, excluding NO2 is 1. The van der Waals surface area contributed by atoms with Crippen molar-refractivity contribution in [1.82, 2.24) is 0 Å². The Kier molecular flexibility index (Phi) is 2.82. The van der Waals surface area contributed by atoms with Gasteiger partial charge in [0.1, 0.15) is 11.5 Å².